The minimum Gasteiger partial charge on any atom is -0.481 e. The number of carbonyl (C=O) groups is 1. The summed E-state index contributed by atoms with van der Waals surface area (Å²) in [5.74, 6) is -2.31. The Kier molecular flexibility index (Phi) is 4.34. The summed E-state index contributed by atoms with van der Waals surface area (Å²) in [4.78, 5) is 11.0. The largest absolute Gasteiger partial charge is 0.481 e. The summed E-state index contributed by atoms with van der Waals surface area (Å²) in [7, 11) is -3.89. The van der Waals surface area contributed by atoms with Gasteiger partial charge in [-0.2, -0.15) is 4.31 Å². The highest BCUT2D eigenvalue weighted by atomic mass is 32.2. The molecule has 0 bridgehead atoms. The van der Waals surface area contributed by atoms with Crippen LogP contribution in [0.25, 0.3) is 0 Å². The number of hydrogen-bond donors (Lipinski definition) is 1. The zero-order chi connectivity index (χ0) is 15.8. The first kappa shape index (κ1) is 15.9. The number of nitrogens with zero attached hydrogens (tertiary/aromatic N) is 1. The molecule has 0 saturated carbocycles. The molecule has 2 atom stereocenters. The van der Waals surface area contributed by atoms with Crippen molar-refractivity contribution in [2.75, 3.05) is 6.54 Å². The number of rotatable bonds is 3. The van der Waals surface area contributed by atoms with Gasteiger partial charge in [0, 0.05) is 12.6 Å². The molecule has 0 spiro atoms. The Morgan fingerprint density at radius 2 is 2.05 bits per heavy atom. The van der Waals surface area contributed by atoms with Crippen molar-refractivity contribution in [1.29, 1.82) is 0 Å². The van der Waals surface area contributed by atoms with Crippen molar-refractivity contribution < 1.29 is 22.7 Å². The van der Waals surface area contributed by atoms with Gasteiger partial charge >= 0.3 is 5.97 Å². The van der Waals surface area contributed by atoms with E-state index in [1.165, 1.54) is 16.4 Å². The van der Waals surface area contributed by atoms with Crippen LogP contribution in [0.15, 0.2) is 23.1 Å². The van der Waals surface area contributed by atoms with E-state index in [-0.39, 0.29) is 17.5 Å². The lowest BCUT2D eigenvalue weighted by Gasteiger charge is -2.35. The van der Waals surface area contributed by atoms with E-state index in [4.69, 9.17) is 5.11 Å². The van der Waals surface area contributed by atoms with Crippen molar-refractivity contribution in [3.8, 4) is 0 Å². The Balaban J connectivity index is 2.36. The minimum absolute atomic E-state index is 0.0751. The number of sulfonamides is 1. The smallest absolute Gasteiger partial charge is 0.307 e. The molecule has 1 heterocycles. The van der Waals surface area contributed by atoms with Crippen molar-refractivity contribution in [3.63, 3.8) is 0 Å². The van der Waals surface area contributed by atoms with Gasteiger partial charge in [-0.15, -0.1) is 0 Å². The number of aliphatic carboxylic acids is 1. The highest BCUT2D eigenvalue weighted by Gasteiger charge is 2.37. The van der Waals surface area contributed by atoms with Crippen LogP contribution < -0.4 is 0 Å². The number of benzene rings is 1. The topological polar surface area (TPSA) is 74.7 Å². The zero-order valence-electron chi connectivity index (χ0n) is 11.9. The van der Waals surface area contributed by atoms with Gasteiger partial charge in [0.15, 0.2) is 0 Å². The Hall–Kier alpha value is -1.47. The third-order valence-electron chi connectivity index (χ3n) is 3.92. The van der Waals surface area contributed by atoms with Crippen LogP contribution >= 0.6 is 0 Å². The lowest BCUT2D eigenvalue weighted by atomic mass is 9.96. The van der Waals surface area contributed by atoms with Crippen LogP contribution in [0.3, 0.4) is 0 Å². The molecule has 116 valence electrons. The molecular formula is C14H18FNO4S. The maximum absolute atomic E-state index is 13.6. The molecule has 2 unspecified atom stereocenters. The number of hydrogen-bond acceptors (Lipinski definition) is 3. The third-order valence-corrected chi connectivity index (χ3v) is 5.90. The first-order chi connectivity index (χ1) is 9.73. The molecule has 7 heteroatoms. The molecule has 1 N–H and O–H groups in total. The van der Waals surface area contributed by atoms with E-state index in [0.29, 0.717) is 18.4 Å². The summed E-state index contributed by atoms with van der Waals surface area (Å²) in [6, 6.07) is 3.45. The van der Waals surface area contributed by atoms with Crippen LogP contribution in [0.5, 0.6) is 0 Å². The Morgan fingerprint density at radius 3 is 2.62 bits per heavy atom. The normalized spacial score (nSPS) is 24.0. The van der Waals surface area contributed by atoms with Crippen molar-refractivity contribution in [2.45, 2.75) is 37.6 Å². The van der Waals surface area contributed by atoms with E-state index in [1.807, 2.05) is 0 Å². The van der Waals surface area contributed by atoms with Gasteiger partial charge < -0.3 is 5.11 Å². The maximum atomic E-state index is 13.6. The van der Waals surface area contributed by atoms with Crippen molar-refractivity contribution in [1.82, 2.24) is 4.31 Å². The zero-order valence-corrected chi connectivity index (χ0v) is 12.7. The monoisotopic (exact) mass is 315 g/mol. The summed E-state index contributed by atoms with van der Waals surface area (Å²) in [6.07, 6.45) is 0.926. The van der Waals surface area contributed by atoms with Crippen molar-refractivity contribution in [2.24, 2.45) is 5.92 Å². The molecular weight excluding hydrogens is 297 g/mol. The molecule has 1 aliphatic heterocycles. The van der Waals surface area contributed by atoms with E-state index < -0.39 is 27.7 Å². The average molecular weight is 315 g/mol. The predicted octanol–water partition coefficient (Wildman–Crippen LogP) is 2.01. The number of carboxylic acid groups (broad SMARTS) is 1. The molecule has 0 aliphatic carbocycles. The van der Waals surface area contributed by atoms with Gasteiger partial charge in [-0.25, -0.2) is 12.8 Å². The number of halogens is 1. The molecule has 2 rings (SSSR count). The van der Waals surface area contributed by atoms with Gasteiger partial charge in [0.25, 0.3) is 0 Å². The Bertz CT molecular complexity index is 659. The molecule has 0 amide bonds. The molecule has 5 nitrogen and oxygen atoms in total. The first-order valence-corrected chi connectivity index (χ1v) is 8.18. The summed E-state index contributed by atoms with van der Waals surface area (Å²) in [6.45, 7) is 3.21. The van der Waals surface area contributed by atoms with Gasteiger partial charge in [0.2, 0.25) is 10.0 Å². The fraction of sp³-hybridized carbons (Fsp3) is 0.500. The molecule has 0 aromatic heterocycles. The second kappa shape index (κ2) is 5.73. The molecule has 1 aromatic carbocycles. The Morgan fingerprint density at radius 1 is 1.38 bits per heavy atom. The van der Waals surface area contributed by atoms with Crippen LogP contribution in [-0.2, 0) is 14.8 Å². The predicted molar refractivity (Wildman–Crippen MR) is 74.9 cm³/mol. The van der Waals surface area contributed by atoms with Crippen LogP contribution in [0.1, 0.15) is 25.3 Å². The maximum Gasteiger partial charge on any atom is 0.307 e. The molecule has 1 aromatic rings. The van der Waals surface area contributed by atoms with Crippen LogP contribution in [0.4, 0.5) is 4.39 Å². The van der Waals surface area contributed by atoms with Gasteiger partial charge in [0.05, 0.1) is 10.8 Å². The molecule has 21 heavy (non-hydrogen) atoms. The van der Waals surface area contributed by atoms with Crippen LogP contribution in [0.2, 0.25) is 0 Å². The lowest BCUT2D eigenvalue weighted by molar-refractivity contribution is -0.143. The van der Waals surface area contributed by atoms with Gasteiger partial charge in [-0.05, 0) is 44.4 Å². The van der Waals surface area contributed by atoms with E-state index in [0.717, 1.165) is 6.07 Å². The SMILES string of the molecule is Cc1ccc(S(=O)(=O)N2CC(C(=O)O)CCC2C)cc1F. The van der Waals surface area contributed by atoms with Gasteiger partial charge in [-0.1, -0.05) is 6.07 Å². The standard InChI is InChI=1S/C14H18FNO4S/c1-9-3-6-12(7-13(9)15)21(19,20)16-8-11(14(17)18)5-4-10(16)2/h3,6-7,10-11H,4-5,8H2,1-2H3,(H,17,18). The van der Waals surface area contributed by atoms with Crippen LogP contribution in [-0.4, -0.2) is 36.4 Å². The summed E-state index contributed by atoms with van der Waals surface area (Å²) >= 11 is 0. The molecule has 1 aliphatic rings. The lowest BCUT2D eigenvalue weighted by Crippen LogP contribution is -2.47. The minimum atomic E-state index is -3.89. The quantitative estimate of drug-likeness (QED) is 0.926. The van der Waals surface area contributed by atoms with Gasteiger partial charge in [-0.3, -0.25) is 4.79 Å². The first-order valence-electron chi connectivity index (χ1n) is 6.74. The van der Waals surface area contributed by atoms with Crippen molar-refractivity contribution >= 4 is 16.0 Å². The summed E-state index contributed by atoms with van der Waals surface area (Å²) in [5, 5.41) is 9.08. The van der Waals surface area contributed by atoms with E-state index in [1.54, 1.807) is 13.8 Å². The summed E-state index contributed by atoms with van der Waals surface area (Å²) in [5.41, 5.74) is 0.365. The van der Waals surface area contributed by atoms with E-state index >= 15 is 0 Å². The third kappa shape index (κ3) is 3.08. The number of carboxylic acids is 1. The second-order valence-corrected chi connectivity index (χ2v) is 7.34. The van der Waals surface area contributed by atoms with Crippen molar-refractivity contribution in [3.05, 3.63) is 29.6 Å². The molecule has 1 saturated heterocycles. The van der Waals surface area contributed by atoms with E-state index in [9.17, 15) is 17.6 Å². The molecule has 1 fully saturated rings. The fourth-order valence-electron chi connectivity index (χ4n) is 2.48. The highest BCUT2D eigenvalue weighted by molar-refractivity contribution is 7.89. The second-order valence-electron chi connectivity index (χ2n) is 5.45. The summed E-state index contributed by atoms with van der Waals surface area (Å²) < 4.78 is 40.0. The Labute approximate surface area is 123 Å². The average Bonchev–Trinajstić information content (AvgIpc) is 2.41. The van der Waals surface area contributed by atoms with E-state index in [2.05, 4.69) is 0 Å². The molecule has 0 radical (unpaired) electrons. The number of piperidine rings is 1. The number of aryl methyl sites for hydroxylation is 1. The highest BCUT2D eigenvalue weighted by Crippen LogP contribution is 2.28. The fourth-order valence-corrected chi connectivity index (χ4v) is 4.20. The van der Waals surface area contributed by atoms with Crippen LogP contribution in [0, 0.1) is 18.7 Å². The van der Waals surface area contributed by atoms with Gasteiger partial charge in [0.1, 0.15) is 5.82 Å².